The number of anilines is 3. The molecule has 0 saturated carbocycles. The van der Waals surface area contributed by atoms with Crippen LogP contribution in [0.1, 0.15) is 22.3 Å². The van der Waals surface area contributed by atoms with Crippen LogP contribution in [0.2, 0.25) is 0 Å². The number of hydrogen-bond donors (Lipinski definition) is 0. The minimum atomic E-state index is -0.491. The Labute approximate surface area is 461 Å². The van der Waals surface area contributed by atoms with Gasteiger partial charge in [-0.15, -0.1) is 0 Å². The Kier molecular flexibility index (Phi) is 11.1. The fourth-order valence-corrected chi connectivity index (χ4v) is 13.1. The molecule has 0 saturated heterocycles. The highest BCUT2D eigenvalue weighted by molar-refractivity contribution is 6.12. The highest BCUT2D eigenvalue weighted by Gasteiger charge is 2.46. The Bertz CT molecular complexity index is 4530. The van der Waals surface area contributed by atoms with Gasteiger partial charge in [-0.2, -0.15) is 0 Å². The van der Waals surface area contributed by atoms with Crippen molar-refractivity contribution in [2.24, 2.45) is 0 Å². The van der Waals surface area contributed by atoms with Gasteiger partial charge in [-0.25, -0.2) is 0 Å². The first kappa shape index (κ1) is 46.1. The monoisotopic (exact) mass is 1000 g/mol. The van der Waals surface area contributed by atoms with E-state index in [1.807, 2.05) is 0 Å². The molecule has 0 atom stereocenters. The van der Waals surface area contributed by atoms with Crippen LogP contribution in [0.25, 0.3) is 93.9 Å². The summed E-state index contributed by atoms with van der Waals surface area (Å²) in [6.07, 6.45) is 0. The van der Waals surface area contributed by atoms with E-state index < -0.39 is 5.41 Å². The standard InChI is InChI=1S/C77H52N2/c1-5-23-54(24-6-1)63-37-21-25-55-26-22-38-69(76(55)63)67-36-16-20-42-74(67)78(72-40-18-14-33-62(72)57-46-50-68-66-35-15-19-41-73(66)79(75(68)52-57)60-31-11-4-12-32-60)61-47-43-53(44-48-61)56-45-49-65-64-34-13-17-39-70(64)77(71(65)51-56,58-27-7-2-8-28-58)59-29-9-3-10-30-59/h1-52H. The molecule has 14 aromatic rings. The van der Waals surface area contributed by atoms with Crippen LogP contribution in [0.3, 0.4) is 0 Å². The topological polar surface area (TPSA) is 8.17 Å². The maximum Gasteiger partial charge on any atom is 0.0713 e. The number of fused-ring (bicyclic) bond motifs is 7. The second-order valence-electron chi connectivity index (χ2n) is 20.7. The molecule has 1 heterocycles. The SMILES string of the molecule is c1ccc(-c2cccc3cccc(-c4ccccc4N(c4ccc(-c5ccc6c(c5)C(c5ccccc5)(c5ccccc5)c5ccccc5-6)cc4)c4ccccc4-c4ccc5c6ccccc6n(-c6ccccc6)c5c4)c23)cc1. The van der Waals surface area contributed by atoms with Gasteiger partial charge in [-0.3, -0.25) is 0 Å². The molecule has 15 rings (SSSR count). The van der Waals surface area contributed by atoms with Gasteiger partial charge < -0.3 is 9.47 Å². The van der Waals surface area contributed by atoms with Gasteiger partial charge in [-0.1, -0.05) is 261 Å². The van der Waals surface area contributed by atoms with Crippen LogP contribution in [0.15, 0.2) is 315 Å². The summed E-state index contributed by atoms with van der Waals surface area (Å²) in [5.74, 6) is 0. The summed E-state index contributed by atoms with van der Waals surface area (Å²) in [6.45, 7) is 0. The summed E-state index contributed by atoms with van der Waals surface area (Å²) >= 11 is 0. The molecule has 2 heteroatoms. The predicted octanol–water partition coefficient (Wildman–Crippen LogP) is 20.4. The van der Waals surface area contributed by atoms with E-state index in [9.17, 15) is 0 Å². The van der Waals surface area contributed by atoms with E-state index in [0.29, 0.717) is 0 Å². The van der Waals surface area contributed by atoms with Crippen molar-refractivity contribution in [3.05, 3.63) is 338 Å². The number of nitrogens with zero attached hydrogens (tertiary/aromatic N) is 2. The normalized spacial score (nSPS) is 12.4. The lowest BCUT2D eigenvalue weighted by atomic mass is 9.67. The van der Waals surface area contributed by atoms with Crippen molar-refractivity contribution in [2.45, 2.75) is 5.41 Å². The van der Waals surface area contributed by atoms with Gasteiger partial charge in [0.15, 0.2) is 0 Å². The molecule has 1 aliphatic carbocycles. The summed E-state index contributed by atoms with van der Waals surface area (Å²) < 4.78 is 2.41. The first-order valence-electron chi connectivity index (χ1n) is 27.3. The lowest BCUT2D eigenvalue weighted by Gasteiger charge is -2.34. The zero-order chi connectivity index (χ0) is 52.3. The quantitative estimate of drug-likeness (QED) is 0.133. The molecule has 0 N–H and O–H groups in total. The third-order valence-corrected chi connectivity index (χ3v) is 16.5. The second kappa shape index (κ2) is 19.1. The van der Waals surface area contributed by atoms with Crippen LogP contribution in [-0.2, 0) is 5.41 Å². The molecule has 0 spiro atoms. The van der Waals surface area contributed by atoms with Crippen LogP contribution < -0.4 is 4.90 Å². The van der Waals surface area contributed by atoms with E-state index >= 15 is 0 Å². The molecule has 2 nitrogen and oxygen atoms in total. The molecule has 13 aromatic carbocycles. The number of para-hydroxylation sites is 4. The average Bonchev–Trinajstić information content (AvgIpc) is 4.19. The van der Waals surface area contributed by atoms with Gasteiger partial charge in [0.25, 0.3) is 0 Å². The van der Waals surface area contributed by atoms with E-state index in [4.69, 9.17) is 0 Å². The highest BCUT2D eigenvalue weighted by Crippen LogP contribution is 2.57. The Morgan fingerprint density at radius 3 is 1.52 bits per heavy atom. The summed E-state index contributed by atoms with van der Waals surface area (Å²) in [6, 6.07) is 116. The van der Waals surface area contributed by atoms with Crippen molar-refractivity contribution in [2.75, 3.05) is 4.90 Å². The Hall–Kier alpha value is -10.3. The van der Waals surface area contributed by atoms with Crippen LogP contribution in [0, 0.1) is 0 Å². The minimum absolute atomic E-state index is 0.491. The molecule has 0 unspecified atom stereocenters. The third kappa shape index (κ3) is 7.48. The summed E-state index contributed by atoms with van der Waals surface area (Å²) in [5.41, 5.74) is 23.2. The van der Waals surface area contributed by atoms with Crippen LogP contribution >= 0.6 is 0 Å². The fraction of sp³-hybridized carbons (Fsp3) is 0.0130. The molecule has 0 aliphatic heterocycles. The lowest BCUT2D eigenvalue weighted by molar-refractivity contribution is 0.769. The van der Waals surface area contributed by atoms with Gasteiger partial charge in [0.05, 0.1) is 27.8 Å². The molecule has 0 bridgehead atoms. The van der Waals surface area contributed by atoms with Crippen molar-refractivity contribution < 1.29 is 0 Å². The molecule has 79 heavy (non-hydrogen) atoms. The predicted molar refractivity (Wildman–Crippen MR) is 332 cm³/mol. The lowest BCUT2D eigenvalue weighted by Crippen LogP contribution is -2.28. The average molecular weight is 1010 g/mol. The van der Waals surface area contributed by atoms with Crippen molar-refractivity contribution in [3.8, 4) is 61.3 Å². The first-order chi connectivity index (χ1) is 39.2. The maximum atomic E-state index is 2.49. The molecule has 0 radical (unpaired) electrons. The summed E-state index contributed by atoms with van der Waals surface area (Å²) in [7, 11) is 0. The largest absolute Gasteiger partial charge is 0.309 e. The minimum Gasteiger partial charge on any atom is -0.309 e. The van der Waals surface area contributed by atoms with Gasteiger partial charge >= 0.3 is 0 Å². The molecule has 1 aliphatic rings. The highest BCUT2D eigenvalue weighted by atomic mass is 15.1. The first-order valence-corrected chi connectivity index (χ1v) is 27.3. The smallest absolute Gasteiger partial charge is 0.0713 e. The zero-order valence-corrected chi connectivity index (χ0v) is 43.4. The number of benzene rings is 13. The molecule has 0 fully saturated rings. The van der Waals surface area contributed by atoms with Gasteiger partial charge in [0.1, 0.15) is 0 Å². The van der Waals surface area contributed by atoms with Crippen LogP contribution in [-0.4, -0.2) is 4.57 Å². The number of aromatic nitrogens is 1. The molecule has 370 valence electrons. The van der Waals surface area contributed by atoms with Crippen molar-refractivity contribution in [1.29, 1.82) is 0 Å². The molecular formula is C77H52N2. The maximum absolute atomic E-state index is 2.49. The van der Waals surface area contributed by atoms with Gasteiger partial charge in [0, 0.05) is 33.3 Å². The molecule has 1 aromatic heterocycles. The van der Waals surface area contributed by atoms with E-state index in [-0.39, 0.29) is 0 Å². The number of rotatable bonds is 10. The molecular weight excluding hydrogens is 953 g/mol. The van der Waals surface area contributed by atoms with Crippen LogP contribution in [0.4, 0.5) is 17.1 Å². The van der Waals surface area contributed by atoms with E-state index in [1.165, 1.54) is 88.2 Å². The third-order valence-electron chi connectivity index (χ3n) is 16.5. The van der Waals surface area contributed by atoms with E-state index in [2.05, 4.69) is 325 Å². The van der Waals surface area contributed by atoms with Crippen molar-refractivity contribution in [3.63, 3.8) is 0 Å². The van der Waals surface area contributed by atoms with Gasteiger partial charge in [0.2, 0.25) is 0 Å². The van der Waals surface area contributed by atoms with Gasteiger partial charge in [-0.05, 0) is 132 Å². The van der Waals surface area contributed by atoms with Crippen molar-refractivity contribution in [1.82, 2.24) is 4.57 Å². The molecule has 0 amide bonds. The Morgan fingerprint density at radius 1 is 0.278 bits per heavy atom. The Balaban J connectivity index is 0.930. The number of hydrogen-bond acceptors (Lipinski definition) is 1. The second-order valence-corrected chi connectivity index (χ2v) is 20.7. The summed E-state index contributed by atoms with van der Waals surface area (Å²) in [4.78, 5) is 2.49. The van der Waals surface area contributed by atoms with E-state index in [1.54, 1.807) is 0 Å². The van der Waals surface area contributed by atoms with E-state index in [0.717, 1.165) is 45.0 Å². The summed E-state index contributed by atoms with van der Waals surface area (Å²) in [5, 5.41) is 4.89. The van der Waals surface area contributed by atoms with Crippen molar-refractivity contribution >= 4 is 49.6 Å². The fourth-order valence-electron chi connectivity index (χ4n) is 13.1. The Morgan fingerprint density at radius 2 is 0.797 bits per heavy atom. The van der Waals surface area contributed by atoms with Crippen LogP contribution in [0.5, 0.6) is 0 Å². The zero-order valence-electron chi connectivity index (χ0n) is 43.4.